The van der Waals surface area contributed by atoms with Crippen molar-refractivity contribution in [3.63, 3.8) is 0 Å². The second kappa shape index (κ2) is 8.61. The molecule has 0 spiro atoms. The Morgan fingerprint density at radius 3 is 2.88 bits per heavy atom. The van der Waals surface area contributed by atoms with Gasteiger partial charge in [0, 0.05) is 35.3 Å². The normalized spacial score (nSPS) is 22.9. The summed E-state index contributed by atoms with van der Waals surface area (Å²) >= 11 is 7.68. The van der Waals surface area contributed by atoms with Gasteiger partial charge in [-0.1, -0.05) is 16.8 Å². The monoisotopic (exact) mass is 414 g/mol. The van der Waals surface area contributed by atoms with E-state index in [0.717, 1.165) is 36.6 Å². The molecule has 1 aromatic heterocycles. The number of rotatable bonds is 3. The molecule has 2 aliphatic heterocycles. The Balaban J connectivity index is 0.00000196. The molecular weight excluding hydrogens is 395 g/mol. The van der Waals surface area contributed by atoms with Crippen LogP contribution in [0.2, 0.25) is 5.02 Å². The van der Waals surface area contributed by atoms with Crippen LogP contribution >= 0.6 is 35.8 Å². The molecule has 1 aromatic carbocycles. The average Bonchev–Trinajstić information content (AvgIpc) is 3.34. The first-order valence-corrected chi connectivity index (χ1v) is 9.93. The molecule has 4 rings (SSSR count). The van der Waals surface area contributed by atoms with Crippen molar-refractivity contribution in [2.24, 2.45) is 0 Å². The first-order chi connectivity index (χ1) is 12.2. The lowest BCUT2D eigenvalue weighted by molar-refractivity contribution is -0.134. The Labute approximate surface area is 167 Å². The van der Waals surface area contributed by atoms with Crippen LogP contribution in [-0.2, 0) is 4.79 Å². The zero-order valence-corrected chi connectivity index (χ0v) is 16.4. The Morgan fingerprint density at radius 2 is 2.15 bits per heavy atom. The molecule has 2 fully saturated rings. The van der Waals surface area contributed by atoms with Crippen LogP contribution in [0.5, 0.6) is 0 Å². The van der Waals surface area contributed by atoms with Gasteiger partial charge in [0.05, 0.1) is 12.0 Å². The maximum Gasteiger partial charge on any atom is 0.240 e. The molecule has 6 nitrogen and oxygen atoms in total. The summed E-state index contributed by atoms with van der Waals surface area (Å²) in [6.45, 7) is 1.44. The molecule has 2 aromatic rings. The van der Waals surface area contributed by atoms with Gasteiger partial charge in [0.2, 0.25) is 17.6 Å². The van der Waals surface area contributed by atoms with Crippen molar-refractivity contribution in [1.82, 2.24) is 20.4 Å². The van der Waals surface area contributed by atoms with Crippen molar-refractivity contribution in [3.05, 3.63) is 35.2 Å². The highest BCUT2D eigenvalue weighted by molar-refractivity contribution is 7.99. The number of nitrogens with one attached hydrogen (secondary N) is 1. The van der Waals surface area contributed by atoms with E-state index in [1.807, 2.05) is 17.0 Å². The predicted octanol–water partition coefficient (Wildman–Crippen LogP) is 3.18. The lowest BCUT2D eigenvalue weighted by Crippen LogP contribution is -2.48. The molecule has 0 radical (unpaired) electrons. The Kier molecular flexibility index (Phi) is 6.45. The number of piperidine rings is 1. The molecule has 2 saturated heterocycles. The number of amides is 1. The van der Waals surface area contributed by atoms with Crippen LogP contribution in [0.15, 0.2) is 28.8 Å². The highest BCUT2D eigenvalue weighted by atomic mass is 35.5. The zero-order valence-electron chi connectivity index (χ0n) is 14.1. The molecule has 1 N–H and O–H groups in total. The number of aromatic nitrogens is 2. The summed E-state index contributed by atoms with van der Waals surface area (Å²) in [4.78, 5) is 19.1. The van der Waals surface area contributed by atoms with E-state index in [2.05, 4.69) is 15.5 Å². The van der Waals surface area contributed by atoms with Gasteiger partial charge < -0.3 is 9.42 Å². The third kappa shape index (κ3) is 4.17. The van der Waals surface area contributed by atoms with Crippen molar-refractivity contribution in [2.45, 2.75) is 24.8 Å². The number of carbonyl (C=O) groups excluding carboxylic acids is 1. The molecule has 9 heteroatoms. The Morgan fingerprint density at radius 1 is 1.35 bits per heavy atom. The number of nitrogens with zero attached hydrogens (tertiary/aromatic N) is 3. The van der Waals surface area contributed by atoms with Crippen molar-refractivity contribution < 1.29 is 9.32 Å². The number of hydrogen-bond donors (Lipinski definition) is 1. The Bertz CT molecular complexity index is 749. The van der Waals surface area contributed by atoms with Gasteiger partial charge >= 0.3 is 0 Å². The minimum Gasteiger partial charge on any atom is -0.341 e. The van der Waals surface area contributed by atoms with Gasteiger partial charge in [-0.2, -0.15) is 4.98 Å². The quantitative estimate of drug-likeness (QED) is 0.831. The minimum atomic E-state index is -0.0592. The van der Waals surface area contributed by atoms with E-state index in [1.165, 1.54) is 0 Å². The number of thioether (sulfide) groups is 1. The van der Waals surface area contributed by atoms with Gasteiger partial charge in [-0.3, -0.25) is 10.1 Å². The second-order valence-corrected chi connectivity index (χ2v) is 7.83. The van der Waals surface area contributed by atoms with E-state index in [4.69, 9.17) is 16.1 Å². The van der Waals surface area contributed by atoms with Gasteiger partial charge in [0.15, 0.2) is 0 Å². The van der Waals surface area contributed by atoms with Crippen molar-refractivity contribution in [1.29, 1.82) is 0 Å². The predicted molar refractivity (Wildman–Crippen MR) is 105 cm³/mol. The summed E-state index contributed by atoms with van der Waals surface area (Å²) in [6, 6.07) is 7.30. The highest BCUT2D eigenvalue weighted by Crippen LogP contribution is 2.28. The van der Waals surface area contributed by atoms with Crippen LogP contribution in [-0.4, -0.2) is 51.7 Å². The summed E-state index contributed by atoms with van der Waals surface area (Å²) in [5.74, 6) is 3.15. The minimum absolute atomic E-state index is 0. The van der Waals surface area contributed by atoms with E-state index in [1.54, 1.807) is 23.9 Å². The van der Waals surface area contributed by atoms with Crippen LogP contribution in [0.25, 0.3) is 11.4 Å². The summed E-state index contributed by atoms with van der Waals surface area (Å²) in [6.07, 6.45) is 1.91. The molecule has 3 heterocycles. The molecule has 0 bridgehead atoms. The van der Waals surface area contributed by atoms with Crippen molar-refractivity contribution >= 4 is 41.7 Å². The van der Waals surface area contributed by atoms with Crippen LogP contribution in [0, 0.1) is 0 Å². The van der Waals surface area contributed by atoms with Gasteiger partial charge in [0.25, 0.3) is 0 Å². The molecule has 26 heavy (non-hydrogen) atoms. The van der Waals surface area contributed by atoms with Gasteiger partial charge in [0.1, 0.15) is 0 Å². The van der Waals surface area contributed by atoms with Crippen LogP contribution in [0.4, 0.5) is 0 Å². The average molecular weight is 415 g/mol. The van der Waals surface area contributed by atoms with E-state index in [-0.39, 0.29) is 30.3 Å². The highest BCUT2D eigenvalue weighted by Gasteiger charge is 2.33. The fourth-order valence-electron chi connectivity index (χ4n) is 3.27. The first-order valence-electron chi connectivity index (χ1n) is 8.40. The van der Waals surface area contributed by atoms with E-state index in [9.17, 15) is 4.79 Å². The van der Waals surface area contributed by atoms with Gasteiger partial charge in [-0.25, -0.2) is 0 Å². The molecule has 0 aliphatic carbocycles. The molecule has 2 atom stereocenters. The summed E-state index contributed by atoms with van der Waals surface area (Å²) < 4.78 is 5.49. The fraction of sp³-hybridized carbons (Fsp3) is 0.471. The maximum absolute atomic E-state index is 12.6. The maximum atomic E-state index is 12.6. The van der Waals surface area contributed by atoms with E-state index >= 15 is 0 Å². The third-order valence-electron chi connectivity index (χ3n) is 4.64. The third-order valence-corrected chi connectivity index (χ3v) is 5.83. The largest absolute Gasteiger partial charge is 0.341 e. The fourth-order valence-corrected chi connectivity index (χ4v) is 4.33. The van der Waals surface area contributed by atoms with Gasteiger partial charge in [-0.15, -0.1) is 24.2 Å². The van der Waals surface area contributed by atoms with E-state index in [0.29, 0.717) is 23.3 Å². The lowest BCUT2D eigenvalue weighted by atomic mass is 9.97. The molecule has 2 aliphatic rings. The number of halogens is 2. The van der Waals surface area contributed by atoms with Gasteiger partial charge in [-0.05, 0) is 37.1 Å². The first kappa shape index (κ1) is 19.5. The van der Waals surface area contributed by atoms with Crippen LogP contribution < -0.4 is 5.32 Å². The molecule has 2 unspecified atom stereocenters. The lowest BCUT2D eigenvalue weighted by Gasteiger charge is -2.32. The standard InChI is InChI=1S/C17H19ClN4O2S.ClH/c18-13-5-3-11(4-6-13)15-20-16(24-21-15)12-2-1-7-22(8-12)17(23)14-9-25-10-19-14;/h3-6,12,14,19H,1-2,7-10H2;1H. The number of carbonyl (C=O) groups is 1. The SMILES string of the molecule is Cl.O=C(C1CSCN1)N1CCCC(c2nc(-c3ccc(Cl)cc3)no2)C1. The summed E-state index contributed by atoms with van der Waals surface area (Å²) in [5, 5.41) is 8.01. The topological polar surface area (TPSA) is 71.3 Å². The smallest absolute Gasteiger partial charge is 0.240 e. The molecule has 1 amide bonds. The molecular formula is C17H20Cl2N4O2S. The summed E-state index contributed by atoms with van der Waals surface area (Å²) in [5.41, 5.74) is 0.871. The number of benzene rings is 1. The van der Waals surface area contributed by atoms with E-state index < -0.39 is 0 Å². The van der Waals surface area contributed by atoms with Crippen molar-refractivity contribution in [2.75, 3.05) is 24.7 Å². The summed E-state index contributed by atoms with van der Waals surface area (Å²) in [7, 11) is 0. The Hall–Kier alpha value is -1.28. The second-order valence-electron chi connectivity index (χ2n) is 6.36. The van der Waals surface area contributed by atoms with Crippen LogP contribution in [0.1, 0.15) is 24.7 Å². The van der Waals surface area contributed by atoms with Crippen LogP contribution in [0.3, 0.4) is 0 Å². The van der Waals surface area contributed by atoms with Crippen molar-refractivity contribution in [3.8, 4) is 11.4 Å². The molecule has 0 saturated carbocycles. The number of hydrogen-bond acceptors (Lipinski definition) is 6. The number of likely N-dealkylation sites (tertiary alicyclic amines) is 1. The molecule has 140 valence electrons. The zero-order chi connectivity index (χ0) is 17.2.